The summed E-state index contributed by atoms with van der Waals surface area (Å²) in [6.07, 6.45) is 3.15. The molecular weight excluding hydrogens is 285 g/mol. The van der Waals surface area contributed by atoms with Crippen LogP contribution < -0.4 is 10.6 Å². The van der Waals surface area contributed by atoms with E-state index in [1.54, 1.807) is 6.20 Å². The largest absolute Gasteiger partial charge is 0.444 e. The topological polar surface area (TPSA) is 63.2 Å². The van der Waals surface area contributed by atoms with Crippen molar-refractivity contribution in [1.29, 1.82) is 0 Å². The molecule has 0 saturated carbocycles. The standard InChI is InChI=1S/C16H26FN3O2/c1-11(20-15(21)22-16(3,4)5)6-7-19-12(2)13-8-14(17)10-18-9-13/h8-12,19H,6-7H2,1-5H3,(H,20,21). The number of alkyl carbamates (subject to hydrolysis) is 1. The van der Waals surface area contributed by atoms with Gasteiger partial charge in [0.05, 0.1) is 6.20 Å². The van der Waals surface area contributed by atoms with Gasteiger partial charge in [-0.2, -0.15) is 0 Å². The molecule has 1 rings (SSSR count). The van der Waals surface area contributed by atoms with E-state index < -0.39 is 11.7 Å². The second-order valence-electron chi connectivity index (χ2n) is 6.45. The SMILES string of the molecule is CC(CCNC(C)c1cncc(F)c1)NC(=O)OC(C)(C)C. The third-order valence-electron chi connectivity index (χ3n) is 3.02. The fourth-order valence-corrected chi connectivity index (χ4v) is 1.88. The van der Waals surface area contributed by atoms with E-state index in [0.29, 0.717) is 6.54 Å². The minimum Gasteiger partial charge on any atom is -0.444 e. The molecular formula is C16H26FN3O2. The van der Waals surface area contributed by atoms with Gasteiger partial charge in [0.15, 0.2) is 0 Å². The average molecular weight is 311 g/mol. The highest BCUT2D eigenvalue weighted by atomic mass is 19.1. The van der Waals surface area contributed by atoms with Gasteiger partial charge >= 0.3 is 6.09 Å². The van der Waals surface area contributed by atoms with E-state index in [9.17, 15) is 9.18 Å². The van der Waals surface area contributed by atoms with Crippen molar-refractivity contribution in [2.45, 2.75) is 58.7 Å². The first-order chi connectivity index (χ1) is 10.2. The molecule has 124 valence electrons. The molecule has 22 heavy (non-hydrogen) atoms. The summed E-state index contributed by atoms with van der Waals surface area (Å²) in [5, 5.41) is 6.07. The lowest BCUT2D eigenvalue weighted by atomic mass is 10.1. The van der Waals surface area contributed by atoms with Gasteiger partial charge in [-0.25, -0.2) is 9.18 Å². The first-order valence-corrected chi connectivity index (χ1v) is 7.50. The first kappa shape index (κ1) is 18.4. The molecule has 0 aromatic carbocycles. The Kier molecular flexibility index (Phi) is 6.74. The highest BCUT2D eigenvalue weighted by molar-refractivity contribution is 5.67. The lowest BCUT2D eigenvalue weighted by Gasteiger charge is -2.22. The van der Waals surface area contributed by atoms with Crippen LogP contribution in [0.1, 0.15) is 52.6 Å². The first-order valence-electron chi connectivity index (χ1n) is 7.50. The van der Waals surface area contributed by atoms with Crippen molar-refractivity contribution in [2.75, 3.05) is 6.54 Å². The average Bonchev–Trinajstić information content (AvgIpc) is 2.36. The van der Waals surface area contributed by atoms with Crippen molar-refractivity contribution in [3.8, 4) is 0 Å². The summed E-state index contributed by atoms with van der Waals surface area (Å²) >= 11 is 0. The number of aromatic nitrogens is 1. The van der Waals surface area contributed by atoms with Crippen LogP contribution in [-0.4, -0.2) is 29.3 Å². The van der Waals surface area contributed by atoms with Gasteiger partial charge in [0.2, 0.25) is 0 Å². The number of rotatable bonds is 6. The maximum Gasteiger partial charge on any atom is 0.407 e. The number of halogens is 1. The third-order valence-corrected chi connectivity index (χ3v) is 3.02. The van der Waals surface area contributed by atoms with E-state index in [1.165, 1.54) is 12.3 Å². The van der Waals surface area contributed by atoms with Gasteiger partial charge < -0.3 is 15.4 Å². The zero-order chi connectivity index (χ0) is 16.8. The normalized spacial score (nSPS) is 14.3. The molecule has 0 aliphatic carbocycles. The van der Waals surface area contributed by atoms with Crippen molar-refractivity contribution < 1.29 is 13.9 Å². The van der Waals surface area contributed by atoms with Gasteiger partial charge in [-0.15, -0.1) is 0 Å². The third kappa shape index (κ3) is 7.36. The molecule has 2 unspecified atom stereocenters. The Morgan fingerprint density at radius 3 is 2.64 bits per heavy atom. The van der Waals surface area contributed by atoms with Crippen molar-refractivity contribution in [1.82, 2.24) is 15.6 Å². The molecule has 1 aromatic rings. The van der Waals surface area contributed by atoms with E-state index in [1.807, 2.05) is 34.6 Å². The number of pyridine rings is 1. The Morgan fingerprint density at radius 1 is 1.36 bits per heavy atom. The van der Waals surface area contributed by atoms with Crippen LogP contribution in [0, 0.1) is 5.82 Å². The zero-order valence-corrected chi connectivity index (χ0v) is 13.9. The zero-order valence-electron chi connectivity index (χ0n) is 13.9. The molecule has 0 aliphatic rings. The van der Waals surface area contributed by atoms with Crippen LogP contribution in [0.3, 0.4) is 0 Å². The summed E-state index contributed by atoms with van der Waals surface area (Å²) in [6.45, 7) is 10.0. The molecule has 6 heteroatoms. The molecule has 0 bridgehead atoms. The fourth-order valence-electron chi connectivity index (χ4n) is 1.88. The Bertz CT molecular complexity index is 489. The second-order valence-corrected chi connectivity index (χ2v) is 6.45. The Balaban J connectivity index is 2.30. The van der Waals surface area contributed by atoms with Gasteiger partial charge in [-0.3, -0.25) is 4.98 Å². The molecule has 2 atom stereocenters. The van der Waals surface area contributed by atoms with Gasteiger partial charge in [0, 0.05) is 18.3 Å². The van der Waals surface area contributed by atoms with Gasteiger partial charge in [0.25, 0.3) is 0 Å². The highest BCUT2D eigenvalue weighted by Gasteiger charge is 2.17. The number of nitrogens with one attached hydrogen (secondary N) is 2. The van der Waals surface area contributed by atoms with E-state index >= 15 is 0 Å². The molecule has 1 aromatic heterocycles. The maximum atomic E-state index is 13.1. The highest BCUT2D eigenvalue weighted by Crippen LogP contribution is 2.12. The van der Waals surface area contributed by atoms with Crippen molar-refractivity contribution in [2.24, 2.45) is 0 Å². The number of carbonyl (C=O) groups excluding carboxylic acids is 1. The molecule has 0 spiro atoms. The van der Waals surface area contributed by atoms with Crippen LogP contribution in [0.5, 0.6) is 0 Å². The Hall–Kier alpha value is -1.69. The smallest absolute Gasteiger partial charge is 0.407 e. The van der Waals surface area contributed by atoms with Gasteiger partial charge in [-0.05, 0) is 59.2 Å². The monoisotopic (exact) mass is 311 g/mol. The van der Waals surface area contributed by atoms with Crippen molar-refractivity contribution >= 4 is 6.09 Å². The van der Waals surface area contributed by atoms with Crippen LogP contribution in [-0.2, 0) is 4.74 Å². The summed E-state index contributed by atoms with van der Waals surface area (Å²) in [4.78, 5) is 15.5. The van der Waals surface area contributed by atoms with Crippen LogP contribution >= 0.6 is 0 Å². The Labute approximate surface area is 131 Å². The van der Waals surface area contributed by atoms with E-state index in [4.69, 9.17) is 4.74 Å². The number of nitrogens with zero attached hydrogens (tertiary/aromatic N) is 1. The molecule has 0 aliphatic heterocycles. The quantitative estimate of drug-likeness (QED) is 0.847. The van der Waals surface area contributed by atoms with Crippen molar-refractivity contribution in [3.63, 3.8) is 0 Å². The van der Waals surface area contributed by atoms with Crippen LogP contribution in [0.4, 0.5) is 9.18 Å². The lowest BCUT2D eigenvalue weighted by molar-refractivity contribution is 0.0506. The summed E-state index contributed by atoms with van der Waals surface area (Å²) < 4.78 is 18.3. The van der Waals surface area contributed by atoms with E-state index in [2.05, 4.69) is 15.6 Å². The summed E-state index contributed by atoms with van der Waals surface area (Å²) in [7, 11) is 0. The Morgan fingerprint density at radius 2 is 2.05 bits per heavy atom. The number of hydrogen-bond donors (Lipinski definition) is 2. The number of amides is 1. The minimum absolute atomic E-state index is 0.00285. The van der Waals surface area contributed by atoms with Crippen molar-refractivity contribution in [3.05, 3.63) is 29.8 Å². The minimum atomic E-state index is -0.499. The number of carbonyl (C=O) groups is 1. The van der Waals surface area contributed by atoms with Crippen LogP contribution in [0.25, 0.3) is 0 Å². The van der Waals surface area contributed by atoms with E-state index in [0.717, 1.165) is 12.0 Å². The summed E-state index contributed by atoms with van der Waals surface area (Å²) in [5.74, 6) is -0.342. The maximum absolute atomic E-state index is 13.1. The molecule has 0 fully saturated rings. The summed E-state index contributed by atoms with van der Waals surface area (Å²) in [5.41, 5.74) is 0.300. The molecule has 1 heterocycles. The molecule has 1 amide bonds. The van der Waals surface area contributed by atoms with E-state index in [-0.39, 0.29) is 17.9 Å². The predicted molar refractivity (Wildman–Crippen MR) is 84.1 cm³/mol. The lowest BCUT2D eigenvalue weighted by Crippen LogP contribution is -2.39. The van der Waals surface area contributed by atoms with Crippen LogP contribution in [0.15, 0.2) is 18.5 Å². The van der Waals surface area contributed by atoms with Gasteiger partial charge in [0.1, 0.15) is 11.4 Å². The van der Waals surface area contributed by atoms with Crippen LogP contribution in [0.2, 0.25) is 0 Å². The molecule has 0 saturated heterocycles. The van der Waals surface area contributed by atoms with Gasteiger partial charge in [-0.1, -0.05) is 0 Å². The second kappa shape index (κ2) is 8.08. The molecule has 2 N–H and O–H groups in total. The number of ether oxygens (including phenoxy) is 1. The number of hydrogen-bond acceptors (Lipinski definition) is 4. The fraction of sp³-hybridized carbons (Fsp3) is 0.625. The molecule has 0 radical (unpaired) electrons. The summed E-state index contributed by atoms with van der Waals surface area (Å²) in [6, 6.07) is 1.45. The predicted octanol–water partition coefficient (Wildman–Crippen LogP) is 3.17. The molecule has 5 nitrogen and oxygen atoms in total.